The summed E-state index contributed by atoms with van der Waals surface area (Å²) in [4.78, 5) is 4.63. The molecule has 2 rings (SSSR count). The summed E-state index contributed by atoms with van der Waals surface area (Å²) in [6.45, 7) is 5.73. The Kier molecular flexibility index (Phi) is 11.7. The summed E-state index contributed by atoms with van der Waals surface area (Å²) in [6, 6.07) is 9.07. The first-order valence-electron chi connectivity index (χ1n) is 8.61. The maximum Gasteiger partial charge on any atom is 0.191 e. The first kappa shape index (κ1) is 22.7. The van der Waals surface area contributed by atoms with Gasteiger partial charge in [0.25, 0.3) is 0 Å². The van der Waals surface area contributed by atoms with E-state index in [9.17, 15) is 0 Å². The SMILES string of the molecule is CCNC(=NCCCOCCOC)NC1CC1c1ccc(Br)cc1.I. The molecule has 5 nitrogen and oxygen atoms in total. The van der Waals surface area contributed by atoms with E-state index in [0.29, 0.717) is 25.2 Å². The van der Waals surface area contributed by atoms with E-state index in [1.165, 1.54) is 5.56 Å². The molecule has 1 aliphatic rings. The van der Waals surface area contributed by atoms with Gasteiger partial charge in [0, 0.05) is 43.2 Å². The average molecular weight is 526 g/mol. The number of halogens is 2. The molecule has 0 amide bonds. The van der Waals surface area contributed by atoms with Gasteiger partial charge in [0.15, 0.2) is 5.96 Å². The van der Waals surface area contributed by atoms with Crippen molar-refractivity contribution in [2.75, 3.05) is 40.0 Å². The van der Waals surface area contributed by atoms with Gasteiger partial charge in [0.1, 0.15) is 0 Å². The second-order valence-corrected chi connectivity index (χ2v) is 6.78. The van der Waals surface area contributed by atoms with Crippen LogP contribution in [0.2, 0.25) is 0 Å². The van der Waals surface area contributed by atoms with Crippen molar-refractivity contribution in [3.63, 3.8) is 0 Å². The molecule has 1 aromatic rings. The van der Waals surface area contributed by atoms with Gasteiger partial charge in [-0.3, -0.25) is 4.99 Å². The number of benzene rings is 1. The number of nitrogens with one attached hydrogen (secondary N) is 2. The zero-order valence-electron chi connectivity index (χ0n) is 15.0. The van der Waals surface area contributed by atoms with Crippen molar-refractivity contribution in [3.8, 4) is 0 Å². The molecule has 0 bridgehead atoms. The Labute approximate surface area is 176 Å². The molecule has 0 heterocycles. The molecule has 2 unspecified atom stereocenters. The molecule has 25 heavy (non-hydrogen) atoms. The average Bonchev–Trinajstić information content (AvgIpc) is 3.34. The number of hydrogen-bond acceptors (Lipinski definition) is 3. The number of nitrogens with zero attached hydrogens (tertiary/aromatic N) is 1. The molecule has 1 fully saturated rings. The van der Waals surface area contributed by atoms with Crippen LogP contribution in [0, 0.1) is 0 Å². The number of ether oxygens (including phenoxy) is 2. The summed E-state index contributed by atoms with van der Waals surface area (Å²) < 4.78 is 11.5. The van der Waals surface area contributed by atoms with Gasteiger partial charge in [-0.25, -0.2) is 0 Å². The monoisotopic (exact) mass is 525 g/mol. The van der Waals surface area contributed by atoms with Crippen LogP contribution in [0.5, 0.6) is 0 Å². The van der Waals surface area contributed by atoms with Gasteiger partial charge < -0.3 is 20.1 Å². The fourth-order valence-electron chi connectivity index (χ4n) is 2.53. The minimum atomic E-state index is 0. The third-order valence-corrected chi connectivity index (χ3v) is 4.43. The van der Waals surface area contributed by atoms with Crippen LogP contribution in [0.1, 0.15) is 31.2 Å². The lowest BCUT2D eigenvalue weighted by Crippen LogP contribution is -2.39. The van der Waals surface area contributed by atoms with Gasteiger partial charge in [0.2, 0.25) is 0 Å². The minimum Gasteiger partial charge on any atom is -0.382 e. The lowest BCUT2D eigenvalue weighted by molar-refractivity contribution is 0.0702. The molecule has 2 atom stereocenters. The zero-order valence-corrected chi connectivity index (χ0v) is 18.9. The van der Waals surface area contributed by atoms with Crippen LogP contribution in [0.25, 0.3) is 0 Å². The number of aliphatic imine (C=N–C) groups is 1. The van der Waals surface area contributed by atoms with Crippen LogP contribution in [-0.2, 0) is 9.47 Å². The lowest BCUT2D eigenvalue weighted by Gasteiger charge is -2.11. The second-order valence-electron chi connectivity index (χ2n) is 5.86. The zero-order chi connectivity index (χ0) is 17.2. The van der Waals surface area contributed by atoms with E-state index in [0.717, 1.165) is 43.0 Å². The number of guanidine groups is 1. The van der Waals surface area contributed by atoms with Gasteiger partial charge in [-0.15, -0.1) is 24.0 Å². The quantitative estimate of drug-likeness (QED) is 0.212. The Balaban J connectivity index is 0.00000312. The Morgan fingerprint density at radius 3 is 2.68 bits per heavy atom. The van der Waals surface area contributed by atoms with Crippen molar-refractivity contribution >= 4 is 45.9 Å². The van der Waals surface area contributed by atoms with Gasteiger partial charge in [-0.1, -0.05) is 28.1 Å². The molecule has 0 aromatic heterocycles. The molecular weight excluding hydrogens is 497 g/mol. The van der Waals surface area contributed by atoms with E-state index in [2.05, 4.69) is 62.7 Å². The van der Waals surface area contributed by atoms with Gasteiger partial charge in [-0.05, 0) is 37.5 Å². The molecule has 0 spiro atoms. The van der Waals surface area contributed by atoms with E-state index >= 15 is 0 Å². The van der Waals surface area contributed by atoms with Gasteiger partial charge in [-0.2, -0.15) is 0 Å². The highest BCUT2D eigenvalue weighted by Crippen LogP contribution is 2.40. The van der Waals surface area contributed by atoms with Crippen molar-refractivity contribution in [2.45, 2.75) is 31.7 Å². The molecule has 2 N–H and O–H groups in total. The van der Waals surface area contributed by atoms with Gasteiger partial charge in [0.05, 0.1) is 13.2 Å². The minimum absolute atomic E-state index is 0. The van der Waals surface area contributed by atoms with Crippen molar-refractivity contribution in [1.29, 1.82) is 0 Å². The number of methoxy groups -OCH3 is 1. The van der Waals surface area contributed by atoms with Crippen molar-refractivity contribution < 1.29 is 9.47 Å². The summed E-state index contributed by atoms with van der Waals surface area (Å²) in [5.41, 5.74) is 1.39. The predicted molar refractivity (Wildman–Crippen MR) is 117 cm³/mol. The molecule has 1 aliphatic carbocycles. The maximum atomic E-state index is 5.45. The van der Waals surface area contributed by atoms with Crippen LogP contribution in [0.3, 0.4) is 0 Å². The summed E-state index contributed by atoms with van der Waals surface area (Å²) >= 11 is 3.48. The molecule has 0 radical (unpaired) electrons. The summed E-state index contributed by atoms with van der Waals surface area (Å²) in [7, 11) is 1.68. The largest absolute Gasteiger partial charge is 0.382 e. The van der Waals surface area contributed by atoms with Gasteiger partial charge >= 0.3 is 0 Å². The Bertz CT molecular complexity index is 514. The van der Waals surface area contributed by atoms with Crippen molar-refractivity contribution in [2.24, 2.45) is 4.99 Å². The van der Waals surface area contributed by atoms with Crippen LogP contribution in [-0.4, -0.2) is 52.0 Å². The topological polar surface area (TPSA) is 54.9 Å². The van der Waals surface area contributed by atoms with Crippen molar-refractivity contribution in [3.05, 3.63) is 34.3 Å². The molecule has 1 aromatic carbocycles. The fraction of sp³-hybridized carbons (Fsp3) is 0.611. The molecular formula is C18H29BrIN3O2. The number of hydrogen-bond donors (Lipinski definition) is 2. The van der Waals surface area contributed by atoms with Crippen LogP contribution < -0.4 is 10.6 Å². The fourth-order valence-corrected chi connectivity index (χ4v) is 2.79. The van der Waals surface area contributed by atoms with E-state index in [4.69, 9.17) is 9.47 Å². The lowest BCUT2D eigenvalue weighted by atomic mass is 10.1. The van der Waals surface area contributed by atoms with Crippen LogP contribution in [0.15, 0.2) is 33.7 Å². The standard InChI is InChI=1S/C18H28BrN3O2.HI/c1-3-20-18(21-9-4-10-24-12-11-23-2)22-17-13-16(17)14-5-7-15(19)8-6-14;/h5-8,16-17H,3-4,9-13H2,1-2H3,(H2,20,21,22);1H. The Morgan fingerprint density at radius 1 is 1.24 bits per heavy atom. The molecule has 142 valence electrons. The van der Waals surface area contributed by atoms with Crippen LogP contribution in [0.4, 0.5) is 0 Å². The molecule has 1 saturated carbocycles. The van der Waals surface area contributed by atoms with E-state index in [-0.39, 0.29) is 24.0 Å². The van der Waals surface area contributed by atoms with Crippen LogP contribution >= 0.6 is 39.9 Å². The van der Waals surface area contributed by atoms with E-state index in [1.54, 1.807) is 7.11 Å². The maximum absolute atomic E-state index is 5.45. The summed E-state index contributed by atoms with van der Waals surface area (Å²) in [5.74, 6) is 1.48. The predicted octanol–water partition coefficient (Wildman–Crippen LogP) is 3.53. The Hall–Kier alpha value is -0.380. The highest BCUT2D eigenvalue weighted by Gasteiger charge is 2.38. The highest BCUT2D eigenvalue weighted by molar-refractivity contribution is 14.0. The molecule has 7 heteroatoms. The smallest absolute Gasteiger partial charge is 0.191 e. The highest BCUT2D eigenvalue weighted by atomic mass is 127. The molecule has 0 saturated heterocycles. The van der Waals surface area contributed by atoms with E-state index in [1.807, 2.05) is 0 Å². The summed E-state index contributed by atoms with van der Waals surface area (Å²) in [6.07, 6.45) is 2.08. The number of rotatable bonds is 10. The third kappa shape index (κ3) is 8.70. The first-order valence-corrected chi connectivity index (χ1v) is 9.41. The van der Waals surface area contributed by atoms with Crippen molar-refractivity contribution in [1.82, 2.24) is 10.6 Å². The van der Waals surface area contributed by atoms with E-state index < -0.39 is 0 Å². The Morgan fingerprint density at radius 2 is 2.00 bits per heavy atom. The molecule has 0 aliphatic heterocycles. The second kappa shape index (κ2) is 12.9. The first-order chi connectivity index (χ1) is 11.7. The third-order valence-electron chi connectivity index (χ3n) is 3.90. The normalized spacial score (nSPS) is 19.2. The summed E-state index contributed by atoms with van der Waals surface area (Å²) in [5, 5.41) is 6.85.